The number of ether oxygens (including phenoxy) is 1. The number of nitrogens with one attached hydrogen (secondary N) is 3. The van der Waals surface area contributed by atoms with Crippen molar-refractivity contribution >= 4 is 23.9 Å². The van der Waals surface area contributed by atoms with Crippen molar-refractivity contribution in [2.75, 3.05) is 13.2 Å². The molecule has 11 nitrogen and oxygen atoms in total. The van der Waals surface area contributed by atoms with Crippen LogP contribution in [0.3, 0.4) is 0 Å². The molecule has 2 bridgehead atoms. The number of unbranched alkanes of at least 4 members (excludes halogenated alkanes) is 1. The Hall–Kier alpha value is -2.56. The van der Waals surface area contributed by atoms with Crippen molar-refractivity contribution in [2.24, 2.45) is 5.92 Å². The predicted octanol–water partition coefficient (Wildman–Crippen LogP) is 2.22. The first kappa shape index (κ1) is 26.1. The SMILES string of the molecule is CCCCON1C(=O)N2C[C@@H]1CC[C@H]2C(=O)NNC(=O)[C@H]1CC[C@@H](NC(=O)OC(C)(C)C)CC1. The third-order valence-corrected chi connectivity index (χ3v) is 6.48. The van der Waals surface area contributed by atoms with Crippen molar-refractivity contribution in [1.82, 2.24) is 26.1 Å². The average Bonchev–Trinajstić information content (AvgIpc) is 3.01. The number of urea groups is 1. The minimum atomic E-state index is -0.627. The van der Waals surface area contributed by atoms with E-state index in [1.807, 2.05) is 20.8 Å². The third kappa shape index (κ3) is 6.74. The van der Waals surface area contributed by atoms with E-state index in [1.165, 1.54) is 9.96 Å². The van der Waals surface area contributed by atoms with Gasteiger partial charge in [-0.25, -0.2) is 9.59 Å². The fourth-order valence-corrected chi connectivity index (χ4v) is 4.66. The molecular formula is C23H39N5O6. The molecule has 0 aromatic heterocycles. The molecule has 1 aliphatic carbocycles. The van der Waals surface area contributed by atoms with Gasteiger partial charge in [-0.1, -0.05) is 13.3 Å². The topological polar surface area (TPSA) is 129 Å². The van der Waals surface area contributed by atoms with E-state index in [2.05, 4.69) is 23.1 Å². The Labute approximate surface area is 201 Å². The monoisotopic (exact) mass is 481 g/mol. The molecule has 11 heteroatoms. The summed E-state index contributed by atoms with van der Waals surface area (Å²) in [5.74, 6) is -0.894. The van der Waals surface area contributed by atoms with Crippen LogP contribution >= 0.6 is 0 Å². The van der Waals surface area contributed by atoms with Crippen LogP contribution in [0.1, 0.15) is 79.1 Å². The average molecular weight is 482 g/mol. The quantitative estimate of drug-likeness (QED) is 0.378. The molecule has 0 spiro atoms. The Bertz CT molecular complexity index is 761. The number of piperidine rings is 1. The fraction of sp³-hybridized carbons (Fsp3) is 0.826. The lowest BCUT2D eigenvalue weighted by atomic mass is 9.85. The molecule has 2 heterocycles. The normalized spacial score (nSPS) is 26.8. The van der Waals surface area contributed by atoms with E-state index in [9.17, 15) is 19.2 Å². The number of nitrogens with zero attached hydrogens (tertiary/aromatic N) is 2. The number of hydrogen-bond donors (Lipinski definition) is 3. The molecule has 192 valence electrons. The van der Waals surface area contributed by atoms with Gasteiger partial charge >= 0.3 is 12.1 Å². The number of hydrogen-bond acceptors (Lipinski definition) is 6. The number of carbonyl (C=O) groups is 4. The van der Waals surface area contributed by atoms with Gasteiger partial charge in [-0.2, -0.15) is 5.06 Å². The lowest BCUT2D eigenvalue weighted by molar-refractivity contribution is -0.134. The minimum Gasteiger partial charge on any atom is -0.444 e. The number of hydrazine groups is 1. The summed E-state index contributed by atoms with van der Waals surface area (Å²) >= 11 is 0. The first-order valence-electron chi connectivity index (χ1n) is 12.4. The molecule has 0 radical (unpaired) electrons. The summed E-state index contributed by atoms with van der Waals surface area (Å²) in [7, 11) is 0. The molecule has 0 aromatic rings. The Kier molecular flexibility index (Phi) is 8.62. The maximum atomic E-state index is 12.7. The van der Waals surface area contributed by atoms with E-state index >= 15 is 0 Å². The predicted molar refractivity (Wildman–Crippen MR) is 123 cm³/mol. The number of alkyl carbamates (subject to hydrolysis) is 1. The van der Waals surface area contributed by atoms with Crippen molar-refractivity contribution in [1.29, 1.82) is 0 Å². The first-order valence-corrected chi connectivity index (χ1v) is 12.4. The molecule has 5 amide bonds. The van der Waals surface area contributed by atoms with Gasteiger partial charge in [0.15, 0.2) is 0 Å². The van der Waals surface area contributed by atoms with Gasteiger partial charge in [0.2, 0.25) is 5.91 Å². The Morgan fingerprint density at radius 2 is 1.68 bits per heavy atom. The van der Waals surface area contributed by atoms with Crippen LogP contribution in [0.2, 0.25) is 0 Å². The molecular weight excluding hydrogens is 442 g/mol. The molecule has 1 saturated carbocycles. The van der Waals surface area contributed by atoms with E-state index in [4.69, 9.17) is 9.57 Å². The van der Waals surface area contributed by atoms with E-state index in [0.717, 1.165) is 12.8 Å². The summed E-state index contributed by atoms with van der Waals surface area (Å²) in [4.78, 5) is 57.1. The van der Waals surface area contributed by atoms with Crippen molar-refractivity contribution in [3.63, 3.8) is 0 Å². The van der Waals surface area contributed by atoms with Crippen molar-refractivity contribution < 1.29 is 28.8 Å². The maximum Gasteiger partial charge on any atom is 0.407 e. The van der Waals surface area contributed by atoms with Crippen LogP contribution in [0.25, 0.3) is 0 Å². The van der Waals surface area contributed by atoms with Crippen LogP contribution in [-0.4, -0.2) is 70.8 Å². The van der Waals surface area contributed by atoms with Crippen molar-refractivity contribution in [3.05, 3.63) is 0 Å². The summed E-state index contributed by atoms with van der Waals surface area (Å²) in [5, 5.41) is 4.26. The third-order valence-electron chi connectivity index (χ3n) is 6.48. The molecule has 3 aliphatic rings. The van der Waals surface area contributed by atoms with Gasteiger partial charge in [0, 0.05) is 18.5 Å². The van der Waals surface area contributed by atoms with Crippen molar-refractivity contribution in [3.8, 4) is 0 Å². The van der Waals surface area contributed by atoms with Gasteiger partial charge in [0.25, 0.3) is 5.91 Å². The van der Waals surface area contributed by atoms with Gasteiger partial charge in [0.05, 0.1) is 12.6 Å². The molecule has 2 atom stereocenters. The van der Waals surface area contributed by atoms with Gasteiger partial charge in [-0.15, -0.1) is 0 Å². The number of hydroxylamine groups is 2. The number of fused-ring (bicyclic) bond motifs is 2. The smallest absolute Gasteiger partial charge is 0.407 e. The summed E-state index contributed by atoms with van der Waals surface area (Å²) in [6.07, 6.45) is 5.10. The summed E-state index contributed by atoms with van der Waals surface area (Å²) in [6, 6.07) is -0.988. The van der Waals surface area contributed by atoms with Gasteiger partial charge < -0.3 is 15.0 Å². The summed E-state index contributed by atoms with van der Waals surface area (Å²) in [6.45, 7) is 8.42. The van der Waals surface area contributed by atoms with Crippen LogP contribution in [0.4, 0.5) is 9.59 Å². The molecule has 3 rings (SSSR count). The Balaban J connectivity index is 1.40. The summed E-state index contributed by atoms with van der Waals surface area (Å²) < 4.78 is 5.28. The molecule has 2 saturated heterocycles. The highest BCUT2D eigenvalue weighted by atomic mass is 16.7. The standard InChI is InChI=1S/C23H39N5O6/c1-5-6-13-33-28-17-11-12-18(27(14-17)22(28)32)20(30)26-25-19(29)15-7-9-16(10-8-15)24-21(31)34-23(2,3)4/h15-18H,5-14H2,1-4H3,(H,24,31)(H,25,29)(H,26,30)/t15-,16+,17-,18-/m0/s1. The van der Waals surface area contributed by atoms with E-state index in [1.54, 1.807) is 0 Å². The van der Waals surface area contributed by atoms with Crippen LogP contribution in [0.5, 0.6) is 0 Å². The first-order chi connectivity index (χ1) is 16.1. The minimum absolute atomic E-state index is 0.0347. The highest BCUT2D eigenvalue weighted by molar-refractivity contribution is 5.90. The molecule has 3 fully saturated rings. The molecule has 3 N–H and O–H groups in total. The molecule has 0 unspecified atom stereocenters. The molecule has 2 aliphatic heterocycles. The van der Waals surface area contributed by atoms with Crippen molar-refractivity contribution in [2.45, 2.75) is 103 Å². The lowest BCUT2D eigenvalue weighted by Gasteiger charge is -2.31. The van der Waals surface area contributed by atoms with Gasteiger partial charge in [0.1, 0.15) is 11.6 Å². The van der Waals surface area contributed by atoms with Crippen LogP contribution in [0, 0.1) is 5.92 Å². The Morgan fingerprint density at radius 1 is 1.00 bits per heavy atom. The lowest BCUT2D eigenvalue weighted by Crippen LogP contribution is -2.55. The van der Waals surface area contributed by atoms with Crippen LogP contribution in [-0.2, 0) is 19.2 Å². The number of amides is 5. The highest BCUT2D eigenvalue weighted by Gasteiger charge is 2.48. The number of rotatable bonds is 7. The van der Waals surface area contributed by atoms with Crippen LogP contribution in [0.15, 0.2) is 0 Å². The summed E-state index contributed by atoms with van der Waals surface area (Å²) in [5.41, 5.74) is 4.48. The zero-order valence-electron chi connectivity index (χ0n) is 20.7. The second-order valence-electron chi connectivity index (χ2n) is 10.4. The second kappa shape index (κ2) is 11.2. The van der Waals surface area contributed by atoms with Gasteiger partial charge in [-0.3, -0.25) is 25.3 Å². The largest absolute Gasteiger partial charge is 0.444 e. The maximum absolute atomic E-state index is 12.7. The molecule has 0 aromatic carbocycles. The highest BCUT2D eigenvalue weighted by Crippen LogP contribution is 2.30. The van der Waals surface area contributed by atoms with E-state index in [0.29, 0.717) is 51.7 Å². The fourth-order valence-electron chi connectivity index (χ4n) is 4.66. The van der Waals surface area contributed by atoms with Crippen LogP contribution < -0.4 is 16.2 Å². The number of carbonyl (C=O) groups excluding carboxylic acids is 4. The Morgan fingerprint density at radius 3 is 2.32 bits per heavy atom. The van der Waals surface area contributed by atoms with E-state index < -0.39 is 23.6 Å². The zero-order valence-corrected chi connectivity index (χ0v) is 20.7. The van der Waals surface area contributed by atoms with Gasteiger partial charge in [-0.05, 0) is 65.7 Å². The second-order valence-corrected chi connectivity index (χ2v) is 10.4. The zero-order chi connectivity index (χ0) is 24.9. The van der Waals surface area contributed by atoms with E-state index in [-0.39, 0.29) is 29.9 Å². The molecule has 34 heavy (non-hydrogen) atoms.